The number of fused-ring (bicyclic) bond motifs is 1. The SMILES string of the molecule is NNC(Cc1ccc(Br)cc1)c1ccc2ccccc2n1. The van der Waals surface area contributed by atoms with E-state index in [1.807, 2.05) is 36.4 Å². The first kappa shape index (κ1) is 14.2. The molecular weight excluding hydrogens is 326 g/mol. The number of hydrogen-bond donors (Lipinski definition) is 2. The summed E-state index contributed by atoms with van der Waals surface area (Å²) >= 11 is 3.45. The molecule has 0 saturated heterocycles. The third-order valence-corrected chi connectivity index (χ3v) is 4.06. The first-order valence-electron chi connectivity index (χ1n) is 6.82. The molecule has 0 bridgehead atoms. The lowest BCUT2D eigenvalue weighted by atomic mass is 10.0. The second kappa shape index (κ2) is 6.35. The number of hydrogen-bond acceptors (Lipinski definition) is 3. The maximum absolute atomic E-state index is 5.73. The van der Waals surface area contributed by atoms with Crippen molar-refractivity contribution in [1.82, 2.24) is 10.4 Å². The third-order valence-electron chi connectivity index (χ3n) is 3.53. The van der Waals surface area contributed by atoms with Crippen LogP contribution in [0, 0.1) is 0 Å². The molecule has 3 aromatic rings. The molecule has 2 aromatic carbocycles. The number of pyridine rings is 1. The van der Waals surface area contributed by atoms with Crippen molar-refractivity contribution in [2.45, 2.75) is 12.5 Å². The van der Waals surface area contributed by atoms with Crippen molar-refractivity contribution in [1.29, 1.82) is 0 Å². The second-order valence-corrected chi connectivity index (χ2v) is 5.89. The van der Waals surface area contributed by atoms with Gasteiger partial charge in [-0.15, -0.1) is 0 Å². The van der Waals surface area contributed by atoms with Crippen molar-refractivity contribution >= 4 is 26.8 Å². The van der Waals surface area contributed by atoms with E-state index in [1.54, 1.807) is 0 Å². The standard InChI is InChI=1S/C17H16BrN3/c18-14-8-5-12(6-9-14)11-17(21-19)16-10-7-13-3-1-2-4-15(13)20-16/h1-10,17,21H,11,19H2. The van der Waals surface area contributed by atoms with Gasteiger partial charge in [-0.25, -0.2) is 0 Å². The van der Waals surface area contributed by atoms with E-state index in [2.05, 4.69) is 45.6 Å². The van der Waals surface area contributed by atoms with Gasteiger partial charge in [-0.3, -0.25) is 16.3 Å². The summed E-state index contributed by atoms with van der Waals surface area (Å²) in [5.74, 6) is 5.73. The molecule has 0 saturated carbocycles. The maximum atomic E-state index is 5.73. The molecule has 106 valence electrons. The van der Waals surface area contributed by atoms with E-state index in [1.165, 1.54) is 5.56 Å². The highest BCUT2D eigenvalue weighted by Crippen LogP contribution is 2.20. The molecule has 3 N–H and O–H groups in total. The highest BCUT2D eigenvalue weighted by atomic mass is 79.9. The minimum absolute atomic E-state index is 0.00391. The number of para-hydroxylation sites is 1. The van der Waals surface area contributed by atoms with Crippen molar-refractivity contribution in [3.8, 4) is 0 Å². The maximum Gasteiger partial charge on any atom is 0.0706 e. The molecule has 0 fully saturated rings. The Kier molecular flexibility index (Phi) is 4.29. The van der Waals surface area contributed by atoms with Gasteiger partial charge in [0.15, 0.2) is 0 Å². The number of halogens is 1. The summed E-state index contributed by atoms with van der Waals surface area (Å²) in [7, 11) is 0. The number of nitrogens with two attached hydrogens (primary N) is 1. The van der Waals surface area contributed by atoms with Gasteiger partial charge in [0.2, 0.25) is 0 Å². The minimum atomic E-state index is -0.00391. The van der Waals surface area contributed by atoms with Crippen LogP contribution >= 0.6 is 15.9 Å². The van der Waals surface area contributed by atoms with Crippen molar-refractivity contribution in [3.63, 3.8) is 0 Å². The number of nitrogens with one attached hydrogen (secondary N) is 1. The van der Waals surface area contributed by atoms with Gasteiger partial charge in [-0.1, -0.05) is 52.3 Å². The molecule has 1 heterocycles. The number of aromatic nitrogens is 1. The van der Waals surface area contributed by atoms with Crippen LogP contribution < -0.4 is 11.3 Å². The molecule has 0 aliphatic carbocycles. The Hall–Kier alpha value is -1.75. The lowest BCUT2D eigenvalue weighted by Gasteiger charge is -2.16. The Morgan fingerprint density at radius 1 is 1.00 bits per heavy atom. The fraction of sp³-hybridized carbons (Fsp3) is 0.118. The van der Waals surface area contributed by atoms with E-state index in [0.717, 1.165) is 27.5 Å². The Morgan fingerprint density at radius 3 is 2.52 bits per heavy atom. The summed E-state index contributed by atoms with van der Waals surface area (Å²) < 4.78 is 1.08. The van der Waals surface area contributed by atoms with Crippen LogP contribution in [-0.2, 0) is 6.42 Å². The first-order valence-corrected chi connectivity index (χ1v) is 7.62. The van der Waals surface area contributed by atoms with Crippen LogP contribution in [0.15, 0.2) is 65.1 Å². The van der Waals surface area contributed by atoms with Gasteiger partial charge >= 0.3 is 0 Å². The van der Waals surface area contributed by atoms with Crippen LogP contribution in [0.2, 0.25) is 0 Å². The monoisotopic (exact) mass is 341 g/mol. The Balaban J connectivity index is 1.88. The molecular formula is C17H16BrN3. The number of nitrogens with zero attached hydrogens (tertiary/aromatic N) is 1. The molecule has 1 aromatic heterocycles. The highest BCUT2D eigenvalue weighted by molar-refractivity contribution is 9.10. The van der Waals surface area contributed by atoms with Gasteiger partial charge in [-0.2, -0.15) is 0 Å². The summed E-state index contributed by atoms with van der Waals surface area (Å²) in [6, 6.07) is 20.5. The fourth-order valence-electron chi connectivity index (χ4n) is 2.38. The summed E-state index contributed by atoms with van der Waals surface area (Å²) in [5.41, 5.74) is 6.04. The lowest BCUT2D eigenvalue weighted by molar-refractivity contribution is 0.540. The zero-order valence-electron chi connectivity index (χ0n) is 11.5. The van der Waals surface area contributed by atoms with Crippen LogP contribution in [0.1, 0.15) is 17.3 Å². The zero-order valence-corrected chi connectivity index (χ0v) is 13.0. The molecule has 0 amide bonds. The van der Waals surface area contributed by atoms with E-state index in [4.69, 9.17) is 10.8 Å². The molecule has 0 radical (unpaired) electrons. The number of hydrazine groups is 1. The molecule has 1 unspecified atom stereocenters. The first-order chi connectivity index (χ1) is 10.3. The molecule has 0 aliphatic heterocycles. The predicted octanol–water partition coefficient (Wildman–Crippen LogP) is 3.74. The Labute approximate surface area is 132 Å². The number of rotatable bonds is 4. The molecule has 4 heteroatoms. The van der Waals surface area contributed by atoms with Crippen molar-refractivity contribution in [3.05, 3.63) is 76.4 Å². The van der Waals surface area contributed by atoms with Gasteiger partial charge in [0, 0.05) is 9.86 Å². The molecule has 21 heavy (non-hydrogen) atoms. The van der Waals surface area contributed by atoms with Crippen LogP contribution in [0.3, 0.4) is 0 Å². The van der Waals surface area contributed by atoms with Gasteiger partial charge in [0.05, 0.1) is 17.3 Å². The molecule has 0 spiro atoms. The van der Waals surface area contributed by atoms with Crippen LogP contribution in [0.25, 0.3) is 10.9 Å². The summed E-state index contributed by atoms with van der Waals surface area (Å²) in [4.78, 5) is 4.71. The second-order valence-electron chi connectivity index (χ2n) is 4.98. The summed E-state index contributed by atoms with van der Waals surface area (Å²) in [6.07, 6.45) is 0.801. The average molecular weight is 342 g/mol. The van der Waals surface area contributed by atoms with Gasteiger partial charge in [0.25, 0.3) is 0 Å². The molecule has 3 rings (SSSR count). The summed E-state index contributed by atoms with van der Waals surface area (Å²) in [5, 5.41) is 1.14. The minimum Gasteiger partial charge on any atom is -0.271 e. The predicted molar refractivity (Wildman–Crippen MR) is 89.7 cm³/mol. The van der Waals surface area contributed by atoms with E-state index in [9.17, 15) is 0 Å². The Morgan fingerprint density at radius 2 is 1.76 bits per heavy atom. The fourth-order valence-corrected chi connectivity index (χ4v) is 2.65. The van der Waals surface area contributed by atoms with Gasteiger partial charge < -0.3 is 0 Å². The third kappa shape index (κ3) is 3.29. The zero-order chi connectivity index (χ0) is 14.7. The molecule has 3 nitrogen and oxygen atoms in total. The lowest BCUT2D eigenvalue weighted by Crippen LogP contribution is -2.30. The van der Waals surface area contributed by atoms with E-state index >= 15 is 0 Å². The average Bonchev–Trinajstić information content (AvgIpc) is 2.54. The largest absolute Gasteiger partial charge is 0.271 e. The van der Waals surface area contributed by atoms with E-state index in [-0.39, 0.29) is 6.04 Å². The van der Waals surface area contributed by atoms with Crippen molar-refractivity contribution in [2.24, 2.45) is 5.84 Å². The van der Waals surface area contributed by atoms with Crippen molar-refractivity contribution < 1.29 is 0 Å². The van der Waals surface area contributed by atoms with E-state index < -0.39 is 0 Å². The highest BCUT2D eigenvalue weighted by Gasteiger charge is 2.12. The van der Waals surface area contributed by atoms with Gasteiger partial charge in [-0.05, 0) is 36.2 Å². The quantitative estimate of drug-likeness (QED) is 0.561. The topological polar surface area (TPSA) is 50.9 Å². The number of benzene rings is 2. The Bertz CT molecular complexity index is 740. The smallest absolute Gasteiger partial charge is 0.0706 e. The van der Waals surface area contributed by atoms with Crippen LogP contribution in [0.5, 0.6) is 0 Å². The van der Waals surface area contributed by atoms with Crippen molar-refractivity contribution in [2.75, 3.05) is 0 Å². The van der Waals surface area contributed by atoms with Crippen LogP contribution in [-0.4, -0.2) is 4.98 Å². The van der Waals surface area contributed by atoms with Crippen LogP contribution in [0.4, 0.5) is 0 Å². The summed E-state index contributed by atoms with van der Waals surface area (Å²) in [6.45, 7) is 0. The van der Waals surface area contributed by atoms with E-state index in [0.29, 0.717) is 0 Å². The molecule has 1 atom stereocenters. The normalized spacial score (nSPS) is 12.5. The van der Waals surface area contributed by atoms with Gasteiger partial charge in [0.1, 0.15) is 0 Å². The molecule has 0 aliphatic rings.